The van der Waals surface area contributed by atoms with E-state index in [2.05, 4.69) is 4.98 Å². The zero-order valence-corrected chi connectivity index (χ0v) is 24.3. The van der Waals surface area contributed by atoms with Crippen LogP contribution in [-0.4, -0.2) is 49.7 Å². The zero-order valence-electron chi connectivity index (χ0n) is 22.8. The number of carbonyl (C=O) groups excluding carboxylic acids is 2. The lowest BCUT2D eigenvalue weighted by atomic mass is 9.94. The number of methoxy groups -OCH3 is 3. The summed E-state index contributed by atoms with van der Waals surface area (Å²) in [7, 11) is 4.42. The van der Waals surface area contributed by atoms with Gasteiger partial charge in [-0.05, 0) is 66.6 Å². The molecule has 0 bridgehead atoms. The molecule has 212 valence electrons. The number of nitrogens with zero attached hydrogens (tertiary/aromatic N) is 2. The molecule has 11 heteroatoms. The topological polar surface area (TPSA) is 107 Å². The molecule has 4 aromatic rings. The van der Waals surface area contributed by atoms with Crippen LogP contribution >= 0.6 is 22.9 Å². The minimum atomic E-state index is -1.06. The first-order valence-electron chi connectivity index (χ1n) is 12.7. The van der Waals surface area contributed by atoms with Crippen LogP contribution in [0.3, 0.4) is 0 Å². The van der Waals surface area contributed by atoms with Crippen LogP contribution in [0.5, 0.6) is 23.0 Å². The lowest BCUT2D eigenvalue weighted by molar-refractivity contribution is -0.132. The minimum absolute atomic E-state index is 0.108. The van der Waals surface area contributed by atoms with Crippen LogP contribution in [0.4, 0.5) is 5.13 Å². The first-order chi connectivity index (χ1) is 19.8. The number of aliphatic hydroxyl groups is 1. The highest BCUT2D eigenvalue weighted by atomic mass is 35.5. The lowest BCUT2D eigenvalue weighted by Crippen LogP contribution is -2.29. The molecule has 1 fully saturated rings. The van der Waals surface area contributed by atoms with Gasteiger partial charge in [-0.2, -0.15) is 0 Å². The van der Waals surface area contributed by atoms with E-state index in [1.165, 1.54) is 37.6 Å². The predicted octanol–water partition coefficient (Wildman–Crippen LogP) is 6.39. The highest BCUT2D eigenvalue weighted by Gasteiger charge is 2.48. The summed E-state index contributed by atoms with van der Waals surface area (Å²) in [4.78, 5) is 33.2. The number of thiazole rings is 1. The van der Waals surface area contributed by atoms with Crippen molar-refractivity contribution in [3.8, 4) is 23.0 Å². The second-order valence-corrected chi connectivity index (χ2v) is 10.6. The third kappa shape index (κ3) is 5.16. The molecule has 0 radical (unpaired) electrons. The van der Waals surface area contributed by atoms with Gasteiger partial charge in [-0.1, -0.05) is 29.9 Å². The van der Waals surface area contributed by atoms with Gasteiger partial charge in [0.25, 0.3) is 5.78 Å². The van der Waals surface area contributed by atoms with Gasteiger partial charge in [0.15, 0.2) is 16.6 Å². The smallest absolute Gasteiger partial charge is 0.301 e. The van der Waals surface area contributed by atoms with Crippen LogP contribution in [-0.2, 0) is 9.59 Å². The van der Waals surface area contributed by atoms with Crippen molar-refractivity contribution in [2.45, 2.75) is 19.4 Å². The molecule has 5 rings (SSSR count). The van der Waals surface area contributed by atoms with Gasteiger partial charge in [-0.3, -0.25) is 14.5 Å². The van der Waals surface area contributed by atoms with Crippen molar-refractivity contribution >= 4 is 55.7 Å². The molecule has 0 spiro atoms. The number of Topliss-reactive ketones (excluding diaryl/α,β-unsaturated/α-hetero) is 1. The fourth-order valence-electron chi connectivity index (χ4n) is 4.68. The van der Waals surface area contributed by atoms with Gasteiger partial charge >= 0.3 is 5.91 Å². The summed E-state index contributed by atoms with van der Waals surface area (Å²) in [6.07, 6.45) is 0.845. The Labute approximate surface area is 245 Å². The monoisotopic (exact) mass is 594 g/mol. The van der Waals surface area contributed by atoms with E-state index in [0.717, 1.165) is 11.1 Å². The fourth-order valence-corrected chi connectivity index (χ4v) is 5.95. The second kappa shape index (κ2) is 11.7. The van der Waals surface area contributed by atoms with Gasteiger partial charge in [0.05, 0.1) is 49.8 Å². The van der Waals surface area contributed by atoms with E-state index in [4.69, 9.17) is 30.5 Å². The zero-order chi connectivity index (χ0) is 29.3. The van der Waals surface area contributed by atoms with E-state index < -0.39 is 17.7 Å². The number of fused-ring (bicyclic) bond motifs is 1. The summed E-state index contributed by atoms with van der Waals surface area (Å²) in [6.45, 7) is 2.55. The molecule has 2 heterocycles. The summed E-state index contributed by atoms with van der Waals surface area (Å²) in [5.41, 5.74) is 1.30. The van der Waals surface area contributed by atoms with Crippen LogP contribution in [0.25, 0.3) is 16.0 Å². The average molecular weight is 595 g/mol. The quantitative estimate of drug-likeness (QED) is 0.135. The molecule has 1 aliphatic rings. The van der Waals surface area contributed by atoms with Crippen molar-refractivity contribution < 1.29 is 33.6 Å². The minimum Gasteiger partial charge on any atom is -0.507 e. The van der Waals surface area contributed by atoms with E-state index in [0.29, 0.717) is 51.3 Å². The molecule has 3 aromatic carbocycles. The number of aromatic nitrogens is 1. The summed E-state index contributed by atoms with van der Waals surface area (Å²) in [5, 5.41) is 12.3. The summed E-state index contributed by atoms with van der Waals surface area (Å²) < 4.78 is 22.9. The number of aliphatic hydroxyl groups excluding tert-OH is 1. The Morgan fingerprint density at radius 2 is 1.68 bits per heavy atom. The van der Waals surface area contributed by atoms with Gasteiger partial charge in [0.2, 0.25) is 5.75 Å². The Morgan fingerprint density at radius 3 is 2.29 bits per heavy atom. The molecule has 1 N–H and O–H groups in total. The molecule has 1 atom stereocenters. The van der Waals surface area contributed by atoms with Crippen molar-refractivity contribution in [1.82, 2.24) is 4.98 Å². The van der Waals surface area contributed by atoms with Crippen molar-refractivity contribution in [2.75, 3.05) is 32.8 Å². The van der Waals surface area contributed by atoms with Crippen molar-refractivity contribution in [3.63, 3.8) is 0 Å². The molecular weight excluding hydrogens is 568 g/mol. The molecule has 0 aliphatic carbocycles. The van der Waals surface area contributed by atoms with Gasteiger partial charge < -0.3 is 24.1 Å². The van der Waals surface area contributed by atoms with Crippen LogP contribution in [0.15, 0.2) is 60.2 Å². The number of hydrogen-bond acceptors (Lipinski definition) is 9. The number of halogens is 1. The molecule has 9 nitrogen and oxygen atoms in total. The van der Waals surface area contributed by atoms with E-state index in [1.54, 1.807) is 54.6 Å². The summed E-state index contributed by atoms with van der Waals surface area (Å²) >= 11 is 7.40. The number of ketones is 1. The van der Waals surface area contributed by atoms with Crippen LogP contribution < -0.4 is 23.8 Å². The molecular formula is C30H27ClN2O7S. The summed E-state index contributed by atoms with van der Waals surface area (Å²) in [6, 6.07) is 14.1. The van der Waals surface area contributed by atoms with E-state index in [-0.39, 0.29) is 16.5 Å². The molecule has 1 amide bonds. The lowest BCUT2D eigenvalue weighted by Gasteiger charge is -2.24. The number of ether oxygens (including phenoxy) is 4. The highest BCUT2D eigenvalue weighted by Crippen LogP contribution is 2.48. The van der Waals surface area contributed by atoms with Crippen molar-refractivity contribution in [3.05, 3.63) is 76.3 Å². The Bertz CT molecular complexity index is 1640. The number of benzene rings is 3. The highest BCUT2D eigenvalue weighted by molar-refractivity contribution is 7.22. The number of amides is 1. The second-order valence-electron chi connectivity index (χ2n) is 9.11. The third-order valence-electron chi connectivity index (χ3n) is 6.59. The van der Waals surface area contributed by atoms with Crippen LogP contribution in [0, 0.1) is 0 Å². The molecule has 1 aromatic heterocycles. The standard InChI is InChI=1S/C30H27ClN2O7S/c1-5-12-40-19-9-6-16(7-10-19)26(34)24-25(17-13-21(37-2)28(39-4)22(14-17)38-3)33(29(36)27(24)35)30-32-20-11-8-18(31)15-23(20)41-30/h6-11,13-15,25,34H,5,12H2,1-4H3. The maximum atomic E-state index is 13.6. The maximum absolute atomic E-state index is 13.6. The number of hydrogen-bond donors (Lipinski definition) is 1. The van der Waals surface area contributed by atoms with Gasteiger partial charge in [0, 0.05) is 10.6 Å². The first kappa shape index (κ1) is 28.3. The van der Waals surface area contributed by atoms with E-state index in [9.17, 15) is 14.7 Å². The van der Waals surface area contributed by atoms with Crippen molar-refractivity contribution in [2.24, 2.45) is 0 Å². The normalized spacial score (nSPS) is 16.3. The molecule has 1 aliphatic heterocycles. The molecule has 41 heavy (non-hydrogen) atoms. The average Bonchev–Trinajstić information content (AvgIpc) is 3.52. The molecule has 0 saturated carbocycles. The predicted molar refractivity (Wildman–Crippen MR) is 158 cm³/mol. The SMILES string of the molecule is CCCOc1ccc(C(O)=C2C(=O)C(=O)N(c3nc4ccc(Cl)cc4s3)C2c2cc(OC)c(OC)c(OC)c2)cc1. The Hall–Kier alpha value is -4.28. The fraction of sp³-hybridized carbons (Fsp3) is 0.233. The van der Waals surface area contributed by atoms with Gasteiger partial charge in [-0.25, -0.2) is 4.98 Å². The summed E-state index contributed by atoms with van der Waals surface area (Å²) in [5.74, 6) is -0.424. The maximum Gasteiger partial charge on any atom is 0.301 e. The van der Waals surface area contributed by atoms with Crippen molar-refractivity contribution in [1.29, 1.82) is 0 Å². The Kier molecular flexibility index (Phi) is 8.05. The van der Waals surface area contributed by atoms with Crippen LogP contribution in [0.1, 0.15) is 30.5 Å². The largest absolute Gasteiger partial charge is 0.507 e. The molecule has 1 saturated heterocycles. The van der Waals surface area contributed by atoms with Gasteiger partial charge in [-0.15, -0.1) is 0 Å². The van der Waals surface area contributed by atoms with Crippen LogP contribution in [0.2, 0.25) is 5.02 Å². The number of carbonyl (C=O) groups is 2. The first-order valence-corrected chi connectivity index (χ1v) is 13.9. The number of rotatable bonds is 9. The number of anilines is 1. The molecule has 1 unspecified atom stereocenters. The Balaban J connectivity index is 1.72. The van der Waals surface area contributed by atoms with Gasteiger partial charge in [0.1, 0.15) is 11.5 Å². The Morgan fingerprint density at radius 1 is 1.00 bits per heavy atom. The van der Waals surface area contributed by atoms with E-state index in [1.807, 2.05) is 6.92 Å². The third-order valence-corrected chi connectivity index (χ3v) is 7.85. The van der Waals surface area contributed by atoms with E-state index >= 15 is 0 Å².